The van der Waals surface area contributed by atoms with Gasteiger partial charge in [0.1, 0.15) is 0 Å². The third-order valence-electron chi connectivity index (χ3n) is 2.85. The Morgan fingerprint density at radius 3 is 2.90 bits per heavy atom. The van der Waals surface area contributed by atoms with Crippen LogP contribution in [0.4, 0.5) is 5.69 Å². The normalized spacial score (nSPS) is 13.7. The quantitative estimate of drug-likeness (QED) is 0.658. The SMILES string of the molecule is CCCCN1C(=O)CSc2sc(C(=N)OCC)cc21.Cl. The summed E-state index contributed by atoms with van der Waals surface area (Å²) in [5.74, 6) is 0.863. The van der Waals surface area contributed by atoms with Crippen LogP contribution in [0.3, 0.4) is 0 Å². The number of rotatable bonds is 5. The first-order valence-electron chi connectivity index (χ1n) is 6.46. The Hall–Kier alpha value is -0.720. The Balaban J connectivity index is 0.00000200. The molecule has 7 heteroatoms. The summed E-state index contributed by atoms with van der Waals surface area (Å²) in [4.78, 5) is 14.6. The standard InChI is InChI=1S/C13H18N2O2S2.ClH/c1-3-5-6-15-9-7-10(12(14)17-4-2)19-13(9)18-8-11(15)16;/h7,14H,3-6,8H2,1-2H3;1H. The first kappa shape index (κ1) is 17.3. The van der Waals surface area contributed by atoms with Gasteiger partial charge < -0.3 is 9.64 Å². The van der Waals surface area contributed by atoms with Crippen LogP contribution in [0, 0.1) is 5.41 Å². The number of hydrogen-bond acceptors (Lipinski definition) is 5. The molecule has 20 heavy (non-hydrogen) atoms. The molecule has 0 fully saturated rings. The van der Waals surface area contributed by atoms with Gasteiger partial charge in [-0.2, -0.15) is 0 Å². The van der Waals surface area contributed by atoms with Crippen molar-refractivity contribution in [2.45, 2.75) is 30.9 Å². The summed E-state index contributed by atoms with van der Waals surface area (Å²) < 4.78 is 6.35. The van der Waals surface area contributed by atoms with Crippen molar-refractivity contribution in [2.75, 3.05) is 23.8 Å². The molecule has 1 N–H and O–H groups in total. The van der Waals surface area contributed by atoms with Crippen LogP contribution in [-0.4, -0.2) is 30.7 Å². The van der Waals surface area contributed by atoms with Crippen molar-refractivity contribution >= 4 is 53.0 Å². The number of hydrogen-bond donors (Lipinski definition) is 1. The van der Waals surface area contributed by atoms with Gasteiger partial charge in [-0.1, -0.05) is 13.3 Å². The average molecular weight is 335 g/mol. The fraction of sp³-hybridized carbons (Fsp3) is 0.538. The van der Waals surface area contributed by atoms with E-state index in [1.807, 2.05) is 17.9 Å². The summed E-state index contributed by atoms with van der Waals surface area (Å²) in [6.45, 7) is 5.25. The Morgan fingerprint density at radius 1 is 1.50 bits per heavy atom. The summed E-state index contributed by atoms with van der Waals surface area (Å²) >= 11 is 3.11. The zero-order valence-electron chi connectivity index (χ0n) is 11.6. The highest BCUT2D eigenvalue weighted by Crippen LogP contribution is 2.42. The van der Waals surface area contributed by atoms with E-state index in [1.165, 1.54) is 0 Å². The van der Waals surface area contributed by atoms with Gasteiger partial charge in [0.15, 0.2) is 0 Å². The van der Waals surface area contributed by atoms with Crippen LogP contribution in [0.5, 0.6) is 0 Å². The summed E-state index contributed by atoms with van der Waals surface area (Å²) in [5, 5.41) is 7.84. The van der Waals surface area contributed by atoms with Gasteiger partial charge in [-0.15, -0.1) is 35.5 Å². The van der Waals surface area contributed by atoms with Gasteiger partial charge in [0.05, 0.1) is 27.1 Å². The van der Waals surface area contributed by atoms with Crippen LogP contribution >= 0.6 is 35.5 Å². The molecule has 0 unspecified atom stereocenters. The van der Waals surface area contributed by atoms with Crippen LogP contribution < -0.4 is 4.90 Å². The maximum atomic E-state index is 12.0. The van der Waals surface area contributed by atoms with Gasteiger partial charge in [-0.25, -0.2) is 0 Å². The maximum absolute atomic E-state index is 12.0. The number of halogens is 1. The van der Waals surface area contributed by atoms with Crippen molar-refractivity contribution in [1.29, 1.82) is 5.41 Å². The number of thiophene rings is 1. The molecule has 2 heterocycles. The molecule has 1 aliphatic heterocycles. The van der Waals surface area contributed by atoms with Crippen LogP contribution in [0.1, 0.15) is 31.6 Å². The Kier molecular flexibility index (Phi) is 6.85. The minimum Gasteiger partial charge on any atom is -0.477 e. The van der Waals surface area contributed by atoms with Crippen LogP contribution in [-0.2, 0) is 9.53 Å². The van der Waals surface area contributed by atoms with E-state index in [4.69, 9.17) is 10.1 Å². The number of nitrogens with one attached hydrogen (secondary N) is 1. The topological polar surface area (TPSA) is 53.4 Å². The second kappa shape index (κ2) is 7.90. The number of unbranched alkanes of at least 4 members (excludes halogenated alkanes) is 1. The third-order valence-corrected chi connectivity index (χ3v) is 5.23. The molecule has 0 aliphatic carbocycles. The van der Waals surface area contributed by atoms with Crippen LogP contribution in [0.15, 0.2) is 10.3 Å². The molecule has 0 atom stereocenters. The number of carbonyl (C=O) groups is 1. The largest absolute Gasteiger partial charge is 0.477 e. The van der Waals surface area contributed by atoms with E-state index < -0.39 is 0 Å². The predicted octanol–water partition coefficient (Wildman–Crippen LogP) is 3.77. The van der Waals surface area contributed by atoms with Crippen molar-refractivity contribution in [3.8, 4) is 0 Å². The molecule has 2 rings (SSSR count). The van der Waals surface area contributed by atoms with Crippen molar-refractivity contribution in [3.63, 3.8) is 0 Å². The number of anilines is 1. The first-order chi connectivity index (χ1) is 9.17. The monoisotopic (exact) mass is 334 g/mol. The lowest BCUT2D eigenvalue weighted by Gasteiger charge is -2.26. The molecular formula is C13H19ClN2O2S2. The van der Waals surface area contributed by atoms with Gasteiger partial charge in [0, 0.05) is 6.54 Å². The summed E-state index contributed by atoms with van der Waals surface area (Å²) in [5.41, 5.74) is 0.958. The average Bonchev–Trinajstić information content (AvgIpc) is 2.82. The second-order valence-electron chi connectivity index (χ2n) is 4.23. The highest BCUT2D eigenvalue weighted by atomic mass is 35.5. The smallest absolute Gasteiger partial charge is 0.237 e. The molecule has 1 aliphatic rings. The maximum Gasteiger partial charge on any atom is 0.237 e. The van der Waals surface area contributed by atoms with E-state index >= 15 is 0 Å². The lowest BCUT2D eigenvalue weighted by molar-refractivity contribution is -0.116. The van der Waals surface area contributed by atoms with E-state index in [2.05, 4.69) is 6.92 Å². The molecule has 0 spiro atoms. The van der Waals surface area contributed by atoms with Gasteiger partial charge in [-0.3, -0.25) is 10.2 Å². The predicted molar refractivity (Wildman–Crippen MR) is 88.0 cm³/mol. The van der Waals surface area contributed by atoms with E-state index in [-0.39, 0.29) is 24.2 Å². The number of amides is 1. The number of carbonyl (C=O) groups excluding carboxylic acids is 1. The highest BCUT2D eigenvalue weighted by Gasteiger charge is 2.27. The molecule has 0 radical (unpaired) electrons. The van der Waals surface area contributed by atoms with Gasteiger partial charge in [0.2, 0.25) is 11.8 Å². The molecule has 112 valence electrons. The second-order valence-corrected chi connectivity index (χ2v) is 6.53. The summed E-state index contributed by atoms with van der Waals surface area (Å²) in [6, 6.07) is 1.91. The minimum absolute atomic E-state index is 0. The fourth-order valence-electron chi connectivity index (χ4n) is 1.88. The summed E-state index contributed by atoms with van der Waals surface area (Å²) in [6.07, 6.45) is 2.07. The number of fused-ring (bicyclic) bond motifs is 1. The molecule has 1 aromatic rings. The Labute approximate surface area is 133 Å². The molecule has 0 saturated carbocycles. The van der Waals surface area contributed by atoms with Gasteiger partial charge in [0.25, 0.3) is 0 Å². The molecule has 1 amide bonds. The Morgan fingerprint density at radius 2 is 2.25 bits per heavy atom. The van der Waals surface area contributed by atoms with Gasteiger partial charge >= 0.3 is 0 Å². The van der Waals surface area contributed by atoms with E-state index in [1.54, 1.807) is 23.1 Å². The molecule has 0 bridgehead atoms. The van der Waals surface area contributed by atoms with Crippen molar-refractivity contribution < 1.29 is 9.53 Å². The molecule has 0 aromatic carbocycles. The number of ether oxygens (including phenoxy) is 1. The van der Waals surface area contributed by atoms with Crippen LogP contribution in [0.2, 0.25) is 0 Å². The van der Waals surface area contributed by atoms with E-state index in [0.717, 1.165) is 34.2 Å². The molecule has 0 saturated heterocycles. The van der Waals surface area contributed by atoms with E-state index in [0.29, 0.717) is 12.4 Å². The zero-order chi connectivity index (χ0) is 13.8. The molecule has 4 nitrogen and oxygen atoms in total. The summed E-state index contributed by atoms with van der Waals surface area (Å²) in [7, 11) is 0. The van der Waals surface area contributed by atoms with Crippen molar-refractivity contribution in [3.05, 3.63) is 10.9 Å². The van der Waals surface area contributed by atoms with Gasteiger partial charge in [-0.05, 0) is 19.4 Å². The van der Waals surface area contributed by atoms with Crippen LogP contribution in [0.25, 0.3) is 0 Å². The minimum atomic E-state index is 0. The van der Waals surface area contributed by atoms with E-state index in [9.17, 15) is 4.79 Å². The number of thioether (sulfide) groups is 1. The zero-order valence-corrected chi connectivity index (χ0v) is 14.1. The first-order valence-corrected chi connectivity index (χ1v) is 8.26. The fourth-order valence-corrected chi connectivity index (χ4v) is 4.09. The lowest BCUT2D eigenvalue weighted by Crippen LogP contribution is -2.35. The molecular weight excluding hydrogens is 316 g/mol. The number of nitrogens with zero attached hydrogens (tertiary/aromatic N) is 1. The highest BCUT2D eigenvalue weighted by molar-refractivity contribution is 8.02. The lowest BCUT2D eigenvalue weighted by atomic mass is 10.3. The third kappa shape index (κ3) is 3.68. The van der Waals surface area contributed by atoms with Crippen molar-refractivity contribution in [1.82, 2.24) is 0 Å². The molecule has 1 aromatic heterocycles. The Bertz CT molecular complexity index is 491. The van der Waals surface area contributed by atoms with Crippen molar-refractivity contribution in [2.24, 2.45) is 0 Å².